The monoisotopic (exact) mass is 386 g/mol. The standard InChI is InChI=1S/C23H22N4O2/c1-14(2)16-8-10-17(11-9-16)27-22(28)19-7-5-4-6-18(19)20(23(27)29)13-24-21-12-15(3)25-26-21/h4-14,29H,1-3H3,(H,25,26). The molecule has 0 aliphatic rings. The normalized spacial score (nSPS) is 11.7. The number of hydrogen-bond donors (Lipinski definition) is 2. The Kier molecular flexibility index (Phi) is 4.76. The number of aromatic amines is 1. The molecule has 4 rings (SSSR count). The van der Waals surface area contributed by atoms with Gasteiger partial charge in [0.05, 0.1) is 11.3 Å². The summed E-state index contributed by atoms with van der Waals surface area (Å²) >= 11 is 0. The molecule has 0 atom stereocenters. The highest BCUT2D eigenvalue weighted by Crippen LogP contribution is 2.27. The van der Waals surface area contributed by atoms with E-state index in [9.17, 15) is 9.90 Å². The van der Waals surface area contributed by atoms with E-state index in [1.165, 1.54) is 4.57 Å². The quantitative estimate of drug-likeness (QED) is 0.503. The van der Waals surface area contributed by atoms with E-state index in [0.29, 0.717) is 33.8 Å². The number of nitrogens with one attached hydrogen (secondary N) is 1. The summed E-state index contributed by atoms with van der Waals surface area (Å²) in [7, 11) is 0. The van der Waals surface area contributed by atoms with Crippen molar-refractivity contribution in [1.82, 2.24) is 14.8 Å². The molecule has 6 nitrogen and oxygen atoms in total. The Morgan fingerprint density at radius 2 is 1.79 bits per heavy atom. The molecule has 2 heterocycles. The van der Waals surface area contributed by atoms with Crippen LogP contribution in [-0.4, -0.2) is 26.1 Å². The number of aliphatic imine (C=N–C) groups is 1. The molecule has 146 valence electrons. The van der Waals surface area contributed by atoms with E-state index in [0.717, 1.165) is 11.3 Å². The zero-order valence-electron chi connectivity index (χ0n) is 16.5. The Morgan fingerprint density at radius 1 is 1.10 bits per heavy atom. The Balaban J connectivity index is 1.93. The topological polar surface area (TPSA) is 83.3 Å². The van der Waals surface area contributed by atoms with Crippen molar-refractivity contribution in [2.75, 3.05) is 0 Å². The van der Waals surface area contributed by atoms with Gasteiger partial charge in [-0.2, -0.15) is 5.10 Å². The summed E-state index contributed by atoms with van der Waals surface area (Å²) in [5.74, 6) is 0.734. The number of aromatic nitrogens is 3. The van der Waals surface area contributed by atoms with Gasteiger partial charge >= 0.3 is 0 Å². The van der Waals surface area contributed by atoms with Crippen LogP contribution in [0.2, 0.25) is 0 Å². The minimum absolute atomic E-state index is 0.151. The van der Waals surface area contributed by atoms with Crippen LogP contribution in [0.3, 0.4) is 0 Å². The molecule has 0 spiro atoms. The number of H-pyrrole nitrogens is 1. The van der Waals surface area contributed by atoms with Crippen molar-refractivity contribution in [3.8, 4) is 11.6 Å². The molecule has 4 aromatic rings. The van der Waals surface area contributed by atoms with Gasteiger partial charge < -0.3 is 5.11 Å². The lowest BCUT2D eigenvalue weighted by Gasteiger charge is -2.14. The molecule has 29 heavy (non-hydrogen) atoms. The molecular formula is C23H22N4O2. The minimum Gasteiger partial charge on any atom is -0.494 e. The van der Waals surface area contributed by atoms with E-state index in [1.807, 2.05) is 43.3 Å². The third-order valence-corrected chi connectivity index (χ3v) is 4.94. The molecule has 0 saturated heterocycles. The summed E-state index contributed by atoms with van der Waals surface area (Å²) in [6, 6.07) is 16.7. The van der Waals surface area contributed by atoms with Crippen molar-refractivity contribution in [2.45, 2.75) is 26.7 Å². The Morgan fingerprint density at radius 3 is 2.41 bits per heavy atom. The van der Waals surface area contributed by atoms with Crippen LogP contribution in [0, 0.1) is 6.92 Å². The SMILES string of the molecule is Cc1cc(N=Cc2c(O)n(-c3ccc(C(C)C)cc3)c(=O)c3ccccc23)n[nH]1. The summed E-state index contributed by atoms with van der Waals surface area (Å²) < 4.78 is 1.32. The summed E-state index contributed by atoms with van der Waals surface area (Å²) in [6.45, 7) is 6.11. The number of nitrogens with zero attached hydrogens (tertiary/aromatic N) is 3. The maximum Gasteiger partial charge on any atom is 0.265 e. The molecule has 0 aliphatic carbocycles. The highest BCUT2D eigenvalue weighted by molar-refractivity contribution is 6.02. The van der Waals surface area contributed by atoms with Gasteiger partial charge in [0.25, 0.3) is 5.56 Å². The second-order valence-electron chi connectivity index (χ2n) is 7.34. The molecule has 2 aromatic carbocycles. The van der Waals surface area contributed by atoms with Gasteiger partial charge in [-0.25, -0.2) is 9.56 Å². The van der Waals surface area contributed by atoms with E-state index in [-0.39, 0.29) is 11.4 Å². The lowest BCUT2D eigenvalue weighted by molar-refractivity contribution is 0.436. The molecule has 6 heteroatoms. The molecule has 2 N–H and O–H groups in total. The average Bonchev–Trinajstić information content (AvgIpc) is 3.13. The van der Waals surface area contributed by atoms with E-state index in [2.05, 4.69) is 29.0 Å². The fourth-order valence-corrected chi connectivity index (χ4v) is 3.34. The van der Waals surface area contributed by atoms with Crippen LogP contribution in [0.5, 0.6) is 5.88 Å². The highest BCUT2D eigenvalue weighted by atomic mass is 16.3. The maximum absolute atomic E-state index is 13.1. The fourth-order valence-electron chi connectivity index (χ4n) is 3.34. The van der Waals surface area contributed by atoms with Crippen LogP contribution in [-0.2, 0) is 0 Å². The summed E-state index contributed by atoms with van der Waals surface area (Å²) in [4.78, 5) is 17.5. The summed E-state index contributed by atoms with van der Waals surface area (Å²) in [6.07, 6.45) is 1.55. The molecule has 0 amide bonds. The molecule has 0 radical (unpaired) electrons. The van der Waals surface area contributed by atoms with Gasteiger partial charge in [0.15, 0.2) is 5.82 Å². The first-order chi connectivity index (χ1) is 14.0. The second kappa shape index (κ2) is 7.39. The molecule has 2 aromatic heterocycles. The van der Waals surface area contributed by atoms with Gasteiger partial charge in [-0.3, -0.25) is 9.89 Å². The minimum atomic E-state index is -0.275. The number of aromatic hydroxyl groups is 1. The zero-order chi connectivity index (χ0) is 20.5. The summed E-state index contributed by atoms with van der Waals surface area (Å²) in [5, 5.41) is 19.1. The Hall–Kier alpha value is -3.67. The Labute approximate surface area is 168 Å². The van der Waals surface area contributed by atoms with E-state index in [4.69, 9.17) is 0 Å². The molecule has 0 aliphatic heterocycles. The second-order valence-corrected chi connectivity index (χ2v) is 7.34. The van der Waals surface area contributed by atoms with Crippen molar-refractivity contribution in [3.63, 3.8) is 0 Å². The number of hydrogen-bond acceptors (Lipinski definition) is 4. The fraction of sp³-hybridized carbons (Fsp3) is 0.174. The number of rotatable bonds is 4. The molecule has 0 fully saturated rings. The van der Waals surface area contributed by atoms with Crippen molar-refractivity contribution in [3.05, 3.63) is 81.8 Å². The van der Waals surface area contributed by atoms with Crippen LogP contribution in [0.25, 0.3) is 16.5 Å². The predicted molar refractivity (Wildman–Crippen MR) is 116 cm³/mol. The van der Waals surface area contributed by atoms with Crippen LogP contribution in [0.4, 0.5) is 5.82 Å². The smallest absolute Gasteiger partial charge is 0.265 e. The van der Waals surface area contributed by atoms with Crippen molar-refractivity contribution >= 4 is 22.8 Å². The third-order valence-electron chi connectivity index (χ3n) is 4.94. The van der Waals surface area contributed by atoms with Gasteiger partial charge in [0, 0.05) is 28.7 Å². The molecule has 0 saturated carbocycles. The maximum atomic E-state index is 13.1. The molecule has 0 bridgehead atoms. The lowest BCUT2D eigenvalue weighted by Crippen LogP contribution is -2.20. The van der Waals surface area contributed by atoms with E-state index < -0.39 is 0 Å². The van der Waals surface area contributed by atoms with Gasteiger partial charge in [0.2, 0.25) is 5.88 Å². The predicted octanol–water partition coefficient (Wildman–Crippen LogP) is 4.60. The first-order valence-corrected chi connectivity index (χ1v) is 9.49. The highest BCUT2D eigenvalue weighted by Gasteiger charge is 2.16. The van der Waals surface area contributed by atoms with Gasteiger partial charge in [-0.1, -0.05) is 44.2 Å². The van der Waals surface area contributed by atoms with E-state index >= 15 is 0 Å². The number of pyridine rings is 1. The van der Waals surface area contributed by atoms with Gasteiger partial charge in [-0.15, -0.1) is 0 Å². The molecule has 0 unspecified atom stereocenters. The van der Waals surface area contributed by atoms with Crippen LogP contribution in [0.1, 0.15) is 36.6 Å². The van der Waals surface area contributed by atoms with Crippen molar-refractivity contribution in [1.29, 1.82) is 0 Å². The van der Waals surface area contributed by atoms with Gasteiger partial charge in [-0.05, 0) is 36.6 Å². The zero-order valence-corrected chi connectivity index (χ0v) is 16.5. The van der Waals surface area contributed by atoms with Crippen molar-refractivity contribution in [2.24, 2.45) is 4.99 Å². The summed E-state index contributed by atoms with van der Waals surface area (Å²) in [5.41, 5.74) is 2.85. The number of benzene rings is 2. The Bertz CT molecular complexity index is 1260. The largest absolute Gasteiger partial charge is 0.494 e. The van der Waals surface area contributed by atoms with Gasteiger partial charge in [0.1, 0.15) is 0 Å². The number of aryl methyl sites for hydroxylation is 1. The first kappa shape index (κ1) is 18.7. The lowest BCUT2D eigenvalue weighted by atomic mass is 10.0. The third kappa shape index (κ3) is 3.45. The van der Waals surface area contributed by atoms with Crippen LogP contribution in [0.15, 0.2) is 64.4 Å². The van der Waals surface area contributed by atoms with Crippen LogP contribution < -0.4 is 5.56 Å². The van der Waals surface area contributed by atoms with Crippen LogP contribution >= 0.6 is 0 Å². The average molecular weight is 386 g/mol. The number of fused-ring (bicyclic) bond motifs is 1. The van der Waals surface area contributed by atoms with E-state index in [1.54, 1.807) is 24.4 Å². The first-order valence-electron chi connectivity index (χ1n) is 9.49. The molecular weight excluding hydrogens is 364 g/mol. The van der Waals surface area contributed by atoms with Crippen molar-refractivity contribution < 1.29 is 5.11 Å².